The third-order valence-corrected chi connectivity index (χ3v) is 6.88. The summed E-state index contributed by atoms with van der Waals surface area (Å²) in [6.45, 7) is 3.85. The number of fused-ring (bicyclic) bond motifs is 1. The van der Waals surface area contributed by atoms with Crippen LogP contribution in [0.1, 0.15) is 51.0 Å². The zero-order valence-corrected chi connectivity index (χ0v) is 19.5. The van der Waals surface area contributed by atoms with E-state index in [0.717, 1.165) is 25.9 Å². The van der Waals surface area contributed by atoms with E-state index in [4.69, 9.17) is 23.8 Å². The topological polar surface area (TPSA) is 20.2 Å². The largest absolute Gasteiger partial charge is 0.347 e. The average Bonchev–Trinajstić information content (AvgIpc) is 2.93. The molecule has 1 saturated carbocycles. The van der Waals surface area contributed by atoms with Crippen molar-refractivity contribution in [2.24, 2.45) is 0 Å². The Morgan fingerprint density at radius 2 is 1.90 bits per heavy atom. The fourth-order valence-corrected chi connectivity index (χ4v) is 5.11. The van der Waals surface area contributed by atoms with Crippen LogP contribution in [0.5, 0.6) is 0 Å². The number of aryl methyl sites for hydroxylation is 1. The van der Waals surface area contributed by atoms with Gasteiger partial charge in [0.05, 0.1) is 5.02 Å². The van der Waals surface area contributed by atoms with Gasteiger partial charge in [0.2, 0.25) is 0 Å². The second-order valence-electron chi connectivity index (χ2n) is 8.29. The molecule has 164 valence electrons. The van der Waals surface area contributed by atoms with Gasteiger partial charge in [-0.05, 0) is 61.8 Å². The van der Waals surface area contributed by atoms with Crippen LogP contribution in [0.25, 0.3) is 10.9 Å². The van der Waals surface area contributed by atoms with Crippen LogP contribution in [0, 0.1) is 5.82 Å². The number of hydrogen-bond donors (Lipinski definition) is 1. The van der Waals surface area contributed by atoms with Gasteiger partial charge >= 0.3 is 0 Å². The monoisotopic (exact) mass is 457 g/mol. The van der Waals surface area contributed by atoms with E-state index in [-0.39, 0.29) is 5.02 Å². The number of para-hydroxylation sites is 1. The summed E-state index contributed by atoms with van der Waals surface area (Å²) in [6.07, 6.45) is 9.55. The Labute approximate surface area is 194 Å². The molecule has 6 heteroatoms. The summed E-state index contributed by atoms with van der Waals surface area (Å²) < 4.78 is 15.9. The molecule has 1 N–H and O–H groups in total. The number of nitrogens with one attached hydrogen (secondary N) is 1. The summed E-state index contributed by atoms with van der Waals surface area (Å²) >= 11 is 11.9. The van der Waals surface area contributed by atoms with Crippen molar-refractivity contribution in [3.8, 4) is 0 Å². The van der Waals surface area contributed by atoms with Crippen molar-refractivity contribution in [1.82, 2.24) is 9.47 Å². The molecule has 1 fully saturated rings. The fourth-order valence-electron chi connectivity index (χ4n) is 4.60. The Bertz CT molecular complexity index is 1060. The first-order chi connectivity index (χ1) is 15.1. The smallest absolute Gasteiger partial charge is 0.173 e. The maximum Gasteiger partial charge on any atom is 0.173 e. The highest BCUT2D eigenvalue weighted by atomic mass is 35.5. The lowest BCUT2D eigenvalue weighted by Gasteiger charge is -2.34. The molecule has 0 radical (unpaired) electrons. The Morgan fingerprint density at radius 3 is 2.61 bits per heavy atom. The van der Waals surface area contributed by atoms with Gasteiger partial charge in [0.1, 0.15) is 5.82 Å². The van der Waals surface area contributed by atoms with Crippen molar-refractivity contribution in [3.63, 3.8) is 0 Å². The zero-order valence-electron chi connectivity index (χ0n) is 17.9. The van der Waals surface area contributed by atoms with Crippen LogP contribution in [-0.2, 0) is 13.1 Å². The Kier molecular flexibility index (Phi) is 7.13. The van der Waals surface area contributed by atoms with E-state index >= 15 is 0 Å². The van der Waals surface area contributed by atoms with Crippen LogP contribution in [0.2, 0.25) is 5.02 Å². The van der Waals surface area contributed by atoms with Crippen molar-refractivity contribution >= 4 is 45.5 Å². The van der Waals surface area contributed by atoms with Crippen molar-refractivity contribution in [2.45, 2.75) is 64.6 Å². The number of halogens is 2. The lowest BCUT2D eigenvalue weighted by Crippen LogP contribution is -2.42. The Balaban J connectivity index is 1.64. The van der Waals surface area contributed by atoms with Crippen molar-refractivity contribution in [1.29, 1.82) is 0 Å². The third-order valence-electron chi connectivity index (χ3n) is 6.25. The van der Waals surface area contributed by atoms with Crippen molar-refractivity contribution in [3.05, 3.63) is 65.1 Å². The van der Waals surface area contributed by atoms with Crippen LogP contribution in [0.4, 0.5) is 10.1 Å². The van der Waals surface area contributed by atoms with E-state index in [2.05, 4.69) is 52.2 Å². The van der Waals surface area contributed by atoms with Gasteiger partial charge < -0.3 is 14.8 Å². The predicted octanol–water partition coefficient (Wildman–Crippen LogP) is 7.38. The summed E-state index contributed by atoms with van der Waals surface area (Å²) in [7, 11) is 0. The normalized spacial score (nSPS) is 15.1. The van der Waals surface area contributed by atoms with Gasteiger partial charge in [-0.2, -0.15) is 0 Å². The average molecular weight is 458 g/mol. The SMILES string of the molecule is CCn1cc(CN(C(=S)Nc2ccc(F)c(Cl)c2)C2CCCCCC2)c2ccccc21. The summed E-state index contributed by atoms with van der Waals surface area (Å²) in [5.74, 6) is -0.425. The van der Waals surface area contributed by atoms with Gasteiger partial charge in [-0.3, -0.25) is 0 Å². The highest BCUT2D eigenvalue weighted by Crippen LogP contribution is 2.28. The molecule has 0 bridgehead atoms. The van der Waals surface area contributed by atoms with Crippen molar-refractivity contribution < 1.29 is 4.39 Å². The number of nitrogens with zero attached hydrogens (tertiary/aromatic N) is 2. The van der Waals surface area contributed by atoms with E-state index in [1.807, 2.05) is 0 Å². The molecule has 3 nitrogen and oxygen atoms in total. The van der Waals surface area contributed by atoms with E-state index in [9.17, 15) is 4.39 Å². The van der Waals surface area contributed by atoms with Gasteiger partial charge in [-0.1, -0.05) is 55.5 Å². The van der Waals surface area contributed by atoms with Gasteiger partial charge in [0, 0.05) is 41.9 Å². The molecule has 4 rings (SSSR count). The van der Waals surface area contributed by atoms with Gasteiger partial charge in [-0.15, -0.1) is 0 Å². The minimum absolute atomic E-state index is 0.0971. The molecular weight excluding hydrogens is 429 g/mol. The summed E-state index contributed by atoms with van der Waals surface area (Å²) in [5.41, 5.74) is 3.25. The molecule has 1 aliphatic carbocycles. The molecule has 0 amide bonds. The molecule has 31 heavy (non-hydrogen) atoms. The molecule has 3 aromatic rings. The first-order valence-corrected chi connectivity index (χ1v) is 11.9. The molecule has 0 unspecified atom stereocenters. The number of aromatic nitrogens is 1. The van der Waals surface area contributed by atoms with Crippen LogP contribution in [0.15, 0.2) is 48.7 Å². The molecule has 1 aliphatic rings. The second kappa shape index (κ2) is 10.0. The maximum absolute atomic E-state index is 13.6. The van der Waals surface area contributed by atoms with Crippen LogP contribution < -0.4 is 5.32 Å². The summed E-state index contributed by atoms with van der Waals surface area (Å²) in [4.78, 5) is 2.33. The highest BCUT2D eigenvalue weighted by molar-refractivity contribution is 7.80. The van der Waals surface area contributed by atoms with E-state index in [0.29, 0.717) is 16.8 Å². The van der Waals surface area contributed by atoms with Crippen molar-refractivity contribution in [2.75, 3.05) is 5.32 Å². The summed E-state index contributed by atoms with van der Waals surface area (Å²) in [6, 6.07) is 13.6. The minimum atomic E-state index is -0.425. The van der Waals surface area contributed by atoms with E-state index < -0.39 is 5.82 Å². The molecule has 1 aromatic heterocycles. The third kappa shape index (κ3) is 5.04. The lowest BCUT2D eigenvalue weighted by molar-refractivity contribution is 0.281. The first kappa shape index (κ1) is 22.1. The van der Waals surface area contributed by atoms with Crippen LogP contribution >= 0.6 is 23.8 Å². The molecule has 0 spiro atoms. The second-order valence-corrected chi connectivity index (χ2v) is 9.08. The van der Waals surface area contributed by atoms with Gasteiger partial charge in [0.15, 0.2) is 5.11 Å². The van der Waals surface area contributed by atoms with Gasteiger partial charge in [-0.25, -0.2) is 4.39 Å². The van der Waals surface area contributed by atoms with Crippen LogP contribution in [0.3, 0.4) is 0 Å². The molecule has 0 aliphatic heterocycles. The quantitative estimate of drug-likeness (QED) is 0.319. The predicted molar refractivity (Wildman–Crippen MR) is 132 cm³/mol. The number of hydrogen-bond acceptors (Lipinski definition) is 1. The molecule has 2 aromatic carbocycles. The fraction of sp³-hybridized carbons (Fsp3) is 0.400. The lowest BCUT2D eigenvalue weighted by atomic mass is 10.1. The molecule has 0 saturated heterocycles. The summed E-state index contributed by atoms with van der Waals surface area (Å²) in [5, 5.41) is 5.36. The first-order valence-electron chi connectivity index (χ1n) is 11.2. The number of thiocarbonyl (C=S) groups is 1. The number of rotatable bonds is 5. The maximum atomic E-state index is 13.6. The highest BCUT2D eigenvalue weighted by Gasteiger charge is 2.24. The van der Waals surface area contributed by atoms with Gasteiger partial charge in [0.25, 0.3) is 0 Å². The van der Waals surface area contributed by atoms with E-state index in [1.54, 1.807) is 12.1 Å². The van der Waals surface area contributed by atoms with Crippen LogP contribution in [-0.4, -0.2) is 20.6 Å². The Morgan fingerprint density at radius 1 is 1.16 bits per heavy atom. The number of benzene rings is 2. The van der Waals surface area contributed by atoms with E-state index in [1.165, 1.54) is 48.2 Å². The Hall–Kier alpha value is -2.11. The number of anilines is 1. The molecule has 0 atom stereocenters. The zero-order chi connectivity index (χ0) is 21.8. The standard InChI is InChI=1S/C25H29ClFN3S/c1-2-29-16-18(21-11-7-8-12-24(21)29)17-30(20-9-5-3-4-6-10-20)25(31)28-19-13-14-23(27)22(26)15-19/h7-8,11-16,20H,2-6,9-10,17H2,1H3,(H,28,31). The minimum Gasteiger partial charge on any atom is -0.347 e. The molecular formula is C25H29ClFN3S. The molecule has 1 heterocycles.